The lowest BCUT2D eigenvalue weighted by Crippen LogP contribution is -2.10. The van der Waals surface area contributed by atoms with Gasteiger partial charge in [-0.1, -0.05) is 0 Å². The molecule has 1 aliphatic heterocycles. The molecule has 5 rings (SSSR count). The number of halogens is 1. The number of nitrogens with one attached hydrogen (secondary N) is 1. The number of anilines is 1. The minimum atomic E-state index is -3.41. The average molecular weight is 454 g/mol. The molecule has 164 valence electrons. The quantitative estimate of drug-likeness (QED) is 0.490. The Labute approximate surface area is 183 Å². The first-order chi connectivity index (χ1) is 15.3. The summed E-state index contributed by atoms with van der Waals surface area (Å²) in [5, 5.41) is 11.3. The van der Waals surface area contributed by atoms with Crippen LogP contribution in [0.25, 0.3) is 16.8 Å². The van der Waals surface area contributed by atoms with Crippen molar-refractivity contribution in [2.24, 2.45) is 0 Å². The van der Waals surface area contributed by atoms with Gasteiger partial charge in [0.25, 0.3) is 0 Å². The molecule has 0 aliphatic carbocycles. The predicted octanol–water partition coefficient (Wildman–Crippen LogP) is 2.58. The average Bonchev–Trinajstić information content (AvgIpc) is 3.42. The van der Waals surface area contributed by atoms with Crippen LogP contribution in [0.4, 0.5) is 10.3 Å². The molecule has 32 heavy (non-hydrogen) atoms. The first-order valence-corrected chi connectivity index (χ1v) is 11.7. The van der Waals surface area contributed by atoms with Crippen molar-refractivity contribution in [3.8, 4) is 16.9 Å². The van der Waals surface area contributed by atoms with Gasteiger partial charge in [0.15, 0.2) is 20.5 Å². The van der Waals surface area contributed by atoms with Crippen LogP contribution in [-0.2, 0) is 22.8 Å². The number of aromatic nitrogens is 5. The minimum Gasteiger partial charge on any atom is -0.493 e. The summed E-state index contributed by atoms with van der Waals surface area (Å²) in [5.74, 6) is 0.857. The number of aryl methyl sites for hydroxylation is 1. The second-order valence-corrected chi connectivity index (χ2v) is 9.55. The van der Waals surface area contributed by atoms with Crippen molar-refractivity contribution in [3.05, 3.63) is 59.4 Å². The van der Waals surface area contributed by atoms with Gasteiger partial charge >= 0.3 is 0 Å². The number of benzene rings is 1. The molecule has 0 bridgehead atoms. The summed E-state index contributed by atoms with van der Waals surface area (Å²) in [6.07, 6.45) is 6.40. The second kappa shape index (κ2) is 7.52. The Morgan fingerprint density at radius 2 is 2.03 bits per heavy atom. The summed E-state index contributed by atoms with van der Waals surface area (Å²) < 4.78 is 45.2. The summed E-state index contributed by atoms with van der Waals surface area (Å²) in [6.45, 7) is 2.56. The van der Waals surface area contributed by atoms with Gasteiger partial charge < -0.3 is 10.1 Å². The molecule has 0 atom stereocenters. The SMILES string of the molecule is Cc1cc(S(C)(=O)=O)ncc1-c1cnc(NCc2c(F)ccc3c2CCO3)n2cnnc12. The fraction of sp³-hybridized carbons (Fsp3) is 0.238. The van der Waals surface area contributed by atoms with Gasteiger partial charge in [0, 0.05) is 53.9 Å². The van der Waals surface area contributed by atoms with E-state index in [2.05, 4.69) is 25.5 Å². The van der Waals surface area contributed by atoms with Crippen LogP contribution in [0.15, 0.2) is 41.9 Å². The lowest BCUT2D eigenvalue weighted by atomic mass is 10.0. The number of hydrogen-bond acceptors (Lipinski definition) is 8. The van der Waals surface area contributed by atoms with E-state index in [1.165, 1.54) is 24.7 Å². The van der Waals surface area contributed by atoms with E-state index >= 15 is 0 Å². The monoisotopic (exact) mass is 454 g/mol. The summed E-state index contributed by atoms with van der Waals surface area (Å²) in [7, 11) is -3.41. The molecule has 0 fully saturated rings. The Bertz CT molecular complexity index is 1470. The lowest BCUT2D eigenvalue weighted by Gasteiger charge is -2.13. The zero-order chi connectivity index (χ0) is 22.5. The lowest BCUT2D eigenvalue weighted by molar-refractivity contribution is 0.356. The number of hydrogen-bond donors (Lipinski definition) is 1. The zero-order valence-electron chi connectivity index (χ0n) is 17.3. The van der Waals surface area contributed by atoms with Crippen LogP contribution in [0.3, 0.4) is 0 Å². The molecule has 3 aromatic heterocycles. The normalized spacial score (nSPS) is 13.2. The molecule has 1 N–H and O–H groups in total. The van der Waals surface area contributed by atoms with E-state index in [1.54, 1.807) is 23.6 Å². The van der Waals surface area contributed by atoms with E-state index in [-0.39, 0.29) is 17.4 Å². The molecule has 0 saturated carbocycles. The topological polar surface area (TPSA) is 111 Å². The van der Waals surface area contributed by atoms with Gasteiger partial charge in [0.05, 0.1) is 6.61 Å². The van der Waals surface area contributed by atoms with Crippen molar-refractivity contribution in [3.63, 3.8) is 0 Å². The molecule has 0 amide bonds. The molecule has 0 saturated heterocycles. The van der Waals surface area contributed by atoms with E-state index in [0.717, 1.165) is 17.4 Å². The van der Waals surface area contributed by atoms with Crippen LogP contribution in [-0.4, -0.2) is 45.8 Å². The van der Waals surface area contributed by atoms with Gasteiger partial charge in [-0.05, 0) is 30.7 Å². The van der Waals surface area contributed by atoms with Crippen LogP contribution in [0.5, 0.6) is 5.75 Å². The predicted molar refractivity (Wildman–Crippen MR) is 115 cm³/mol. The van der Waals surface area contributed by atoms with E-state index in [1.807, 2.05) is 0 Å². The molecule has 4 heterocycles. The third-order valence-electron chi connectivity index (χ3n) is 5.45. The maximum atomic E-state index is 14.5. The van der Waals surface area contributed by atoms with Crippen molar-refractivity contribution in [2.75, 3.05) is 18.2 Å². The highest BCUT2D eigenvalue weighted by molar-refractivity contribution is 7.90. The largest absolute Gasteiger partial charge is 0.493 e. The smallest absolute Gasteiger partial charge is 0.210 e. The maximum Gasteiger partial charge on any atom is 0.210 e. The molecular formula is C21H19FN6O3S. The Kier molecular flexibility index (Phi) is 4.77. The number of nitrogens with zero attached hydrogens (tertiary/aromatic N) is 5. The molecule has 0 unspecified atom stereocenters. The second-order valence-electron chi connectivity index (χ2n) is 7.58. The van der Waals surface area contributed by atoms with Crippen molar-refractivity contribution in [2.45, 2.75) is 24.9 Å². The Hall–Kier alpha value is -3.60. The van der Waals surface area contributed by atoms with Crippen molar-refractivity contribution < 1.29 is 17.5 Å². The molecule has 11 heteroatoms. The summed E-state index contributed by atoms with van der Waals surface area (Å²) in [4.78, 5) is 8.56. The Morgan fingerprint density at radius 3 is 2.81 bits per heavy atom. The van der Waals surface area contributed by atoms with Crippen LogP contribution >= 0.6 is 0 Å². The van der Waals surface area contributed by atoms with Crippen molar-refractivity contribution in [1.29, 1.82) is 0 Å². The molecule has 1 aromatic carbocycles. The van der Waals surface area contributed by atoms with Gasteiger partial charge in [0.2, 0.25) is 5.95 Å². The molecule has 1 aliphatic rings. The van der Waals surface area contributed by atoms with E-state index in [0.29, 0.717) is 47.1 Å². The van der Waals surface area contributed by atoms with E-state index in [9.17, 15) is 12.8 Å². The summed E-state index contributed by atoms with van der Waals surface area (Å²) in [5.41, 5.74) is 3.98. The maximum absolute atomic E-state index is 14.5. The van der Waals surface area contributed by atoms with E-state index < -0.39 is 9.84 Å². The Morgan fingerprint density at radius 1 is 1.22 bits per heavy atom. The highest BCUT2D eigenvalue weighted by Crippen LogP contribution is 2.31. The van der Waals surface area contributed by atoms with Crippen molar-refractivity contribution >= 4 is 21.4 Å². The van der Waals surface area contributed by atoms with Gasteiger partial charge in [-0.2, -0.15) is 0 Å². The zero-order valence-corrected chi connectivity index (χ0v) is 18.1. The number of sulfone groups is 1. The fourth-order valence-corrected chi connectivity index (χ4v) is 4.46. The Balaban J connectivity index is 1.50. The van der Waals surface area contributed by atoms with Gasteiger partial charge in [-0.3, -0.25) is 4.40 Å². The van der Waals surface area contributed by atoms with Gasteiger partial charge in [0.1, 0.15) is 17.9 Å². The minimum absolute atomic E-state index is 0.00359. The van der Waals surface area contributed by atoms with Crippen LogP contribution in [0.2, 0.25) is 0 Å². The first kappa shape index (κ1) is 20.3. The number of ether oxygens (including phenoxy) is 1. The number of rotatable bonds is 5. The molecule has 0 spiro atoms. The molecule has 0 radical (unpaired) electrons. The molecule has 4 aromatic rings. The van der Waals surface area contributed by atoms with Gasteiger partial charge in [-0.15, -0.1) is 10.2 Å². The molecule has 9 nitrogen and oxygen atoms in total. The third kappa shape index (κ3) is 3.44. The highest BCUT2D eigenvalue weighted by atomic mass is 32.2. The van der Waals surface area contributed by atoms with Crippen molar-refractivity contribution in [1.82, 2.24) is 24.6 Å². The van der Waals surface area contributed by atoms with Crippen LogP contribution < -0.4 is 10.1 Å². The van der Waals surface area contributed by atoms with Crippen LogP contribution in [0, 0.1) is 12.7 Å². The third-order valence-corrected chi connectivity index (χ3v) is 6.44. The number of pyridine rings is 1. The standard InChI is InChI=1S/C21H19FN6O3S/c1-12-7-19(32(2,29)30)23-8-14(12)16-10-25-21(28-11-26-27-20(16)28)24-9-15-13-5-6-31-18(13)4-3-17(15)22/h3-4,7-8,10-11H,5-6,9H2,1-2H3,(H,24,25). The number of fused-ring (bicyclic) bond motifs is 2. The molecular weight excluding hydrogens is 435 g/mol. The summed E-state index contributed by atoms with van der Waals surface area (Å²) >= 11 is 0. The summed E-state index contributed by atoms with van der Waals surface area (Å²) in [6, 6.07) is 4.57. The van der Waals surface area contributed by atoms with E-state index in [4.69, 9.17) is 4.74 Å². The fourth-order valence-electron chi connectivity index (χ4n) is 3.83. The van der Waals surface area contributed by atoms with Gasteiger partial charge in [-0.25, -0.2) is 22.8 Å². The van der Waals surface area contributed by atoms with Crippen LogP contribution in [0.1, 0.15) is 16.7 Å². The highest BCUT2D eigenvalue weighted by Gasteiger charge is 2.20. The first-order valence-electron chi connectivity index (χ1n) is 9.85.